The molecular weight excluding hydrogens is 380 g/mol. The lowest BCUT2D eigenvalue weighted by atomic mass is 9.63. The first-order valence-corrected chi connectivity index (χ1v) is 11.3. The predicted molar refractivity (Wildman–Crippen MR) is 128 cm³/mol. The highest BCUT2D eigenvalue weighted by atomic mass is 16.3. The summed E-state index contributed by atoms with van der Waals surface area (Å²) in [5.74, 6) is 0. The second-order valence-corrected chi connectivity index (χ2v) is 10.9. The summed E-state index contributed by atoms with van der Waals surface area (Å²) in [5.41, 5.74) is 10.9. The van der Waals surface area contributed by atoms with Crippen molar-refractivity contribution in [1.82, 2.24) is 4.98 Å². The van der Waals surface area contributed by atoms with E-state index in [1.54, 1.807) is 0 Å². The number of pyridine rings is 2. The van der Waals surface area contributed by atoms with Gasteiger partial charge in [-0.2, -0.15) is 0 Å². The van der Waals surface area contributed by atoms with E-state index in [9.17, 15) is 0 Å². The second kappa shape index (κ2) is 6.41. The second-order valence-electron chi connectivity index (χ2n) is 10.9. The van der Waals surface area contributed by atoms with Crippen LogP contribution in [0, 0.1) is 20.8 Å². The number of fused-ring (bicyclic) bond motifs is 5. The van der Waals surface area contributed by atoms with Crippen LogP contribution in [0.25, 0.3) is 33.3 Å². The normalized spacial score (nSPS) is 17.3. The summed E-state index contributed by atoms with van der Waals surface area (Å²) in [5, 5.41) is 2.39. The van der Waals surface area contributed by atoms with Gasteiger partial charge in [0.1, 0.15) is 7.05 Å². The Morgan fingerprint density at radius 3 is 2.39 bits per heavy atom. The molecule has 31 heavy (non-hydrogen) atoms. The third-order valence-corrected chi connectivity index (χ3v) is 7.66. The largest absolute Gasteiger partial charge is 0.437 e. The van der Waals surface area contributed by atoms with Crippen molar-refractivity contribution in [3.8, 4) is 11.3 Å². The van der Waals surface area contributed by atoms with E-state index < -0.39 is 0 Å². The zero-order chi connectivity index (χ0) is 22.3. The van der Waals surface area contributed by atoms with Crippen molar-refractivity contribution in [2.24, 2.45) is 7.05 Å². The summed E-state index contributed by atoms with van der Waals surface area (Å²) >= 11 is 0. The van der Waals surface area contributed by atoms with Gasteiger partial charge in [-0.05, 0) is 66.7 Å². The van der Waals surface area contributed by atoms with Crippen molar-refractivity contribution in [2.75, 3.05) is 0 Å². The Labute approximate surface area is 185 Å². The van der Waals surface area contributed by atoms with Gasteiger partial charge >= 0.3 is 0 Å². The van der Waals surface area contributed by atoms with Gasteiger partial charge in [-0.15, -0.1) is 0 Å². The monoisotopic (exact) mass is 413 g/mol. The molecule has 0 amide bonds. The highest BCUT2D eigenvalue weighted by Gasteiger charge is 2.40. The number of nitrogens with zero attached hydrogens (tertiary/aromatic N) is 2. The number of rotatable bonds is 1. The molecule has 0 saturated heterocycles. The van der Waals surface area contributed by atoms with Crippen LogP contribution < -0.4 is 4.57 Å². The van der Waals surface area contributed by atoms with Crippen molar-refractivity contribution in [3.05, 3.63) is 58.4 Å². The van der Waals surface area contributed by atoms with Crippen LogP contribution in [0.15, 0.2) is 35.0 Å². The van der Waals surface area contributed by atoms with E-state index in [1.807, 2.05) is 0 Å². The minimum atomic E-state index is 0.0962. The Morgan fingerprint density at radius 1 is 0.935 bits per heavy atom. The van der Waals surface area contributed by atoms with Crippen LogP contribution in [-0.2, 0) is 17.9 Å². The van der Waals surface area contributed by atoms with Crippen molar-refractivity contribution in [1.29, 1.82) is 0 Å². The molecule has 5 rings (SSSR count). The molecule has 0 atom stereocenters. The zero-order valence-electron chi connectivity index (χ0n) is 20.1. The third kappa shape index (κ3) is 2.86. The molecule has 4 aromatic rings. The van der Waals surface area contributed by atoms with E-state index in [0.717, 1.165) is 11.3 Å². The average Bonchev–Trinajstić information content (AvgIpc) is 3.07. The van der Waals surface area contributed by atoms with Crippen LogP contribution >= 0.6 is 0 Å². The van der Waals surface area contributed by atoms with E-state index in [-0.39, 0.29) is 10.8 Å². The van der Waals surface area contributed by atoms with Crippen LogP contribution in [0.1, 0.15) is 68.4 Å². The van der Waals surface area contributed by atoms with Crippen molar-refractivity contribution in [2.45, 2.75) is 72.1 Å². The molecule has 0 saturated carbocycles. The quantitative estimate of drug-likeness (QED) is 0.323. The Kier molecular flexibility index (Phi) is 4.19. The number of hydrogen-bond donors (Lipinski definition) is 0. The third-order valence-electron chi connectivity index (χ3n) is 7.66. The summed E-state index contributed by atoms with van der Waals surface area (Å²) in [6.07, 6.45) is 6.63. The zero-order valence-corrected chi connectivity index (χ0v) is 20.1. The molecular formula is C28H33N2O+. The summed E-state index contributed by atoms with van der Waals surface area (Å²) < 4.78 is 8.76. The van der Waals surface area contributed by atoms with E-state index in [1.165, 1.54) is 62.7 Å². The van der Waals surface area contributed by atoms with E-state index >= 15 is 0 Å². The Balaban J connectivity index is 1.93. The standard InChI is InChI=1S/C28H33N2O/c1-16-9-10-19-23-24-20(27(4,5)11-12-28(24,6)7)14-29-26(23)31-25(19)22(16)21-13-17(2)18(3)15-30(21)8/h9-10,13-15H,11-12H2,1-8H3/q+1. The molecule has 1 aliphatic carbocycles. The van der Waals surface area contributed by atoms with Gasteiger partial charge in [0, 0.05) is 23.2 Å². The molecule has 1 aromatic carbocycles. The first-order valence-electron chi connectivity index (χ1n) is 11.3. The molecule has 160 valence electrons. The molecule has 0 unspecified atom stereocenters. The number of benzene rings is 1. The fraction of sp³-hybridized carbons (Fsp3) is 0.429. The van der Waals surface area contributed by atoms with Gasteiger partial charge in [-0.1, -0.05) is 39.8 Å². The van der Waals surface area contributed by atoms with E-state index in [4.69, 9.17) is 9.40 Å². The van der Waals surface area contributed by atoms with Gasteiger partial charge in [0.15, 0.2) is 11.8 Å². The fourth-order valence-corrected chi connectivity index (χ4v) is 5.45. The molecule has 0 fully saturated rings. The summed E-state index contributed by atoms with van der Waals surface area (Å²) in [6, 6.07) is 6.75. The summed E-state index contributed by atoms with van der Waals surface area (Å²) in [7, 11) is 2.12. The van der Waals surface area contributed by atoms with Gasteiger partial charge in [0.05, 0.1) is 10.9 Å². The highest BCUT2D eigenvalue weighted by molar-refractivity contribution is 6.11. The maximum Gasteiger partial charge on any atom is 0.227 e. The number of hydrogen-bond acceptors (Lipinski definition) is 2. The lowest BCUT2D eigenvalue weighted by molar-refractivity contribution is -0.660. The lowest BCUT2D eigenvalue weighted by Gasteiger charge is -2.41. The summed E-state index contributed by atoms with van der Waals surface area (Å²) in [6.45, 7) is 16.0. The molecule has 0 N–H and O–H groups in total. The first kappa shape index (κ1) is 20.2. The van der Waals surface area contributed by atoms with E-state index in [0.29, 0.717) is 0 Å². The molecule has 1 aliphatic rings. The Morgan fingerprint density at radius 2 is 1.65 bits per heavy atom. The molecule has 0 aliphatic heterocycles. The summed E-state index contributed by atoms with van der Waals surface area (Å²) in [4.78, 5) is 4.84. The molecule has 3 aromatic heterocycles. The molecule has 0 spiro atoms. The van der Waals surface area contributed by atoms with Crippen LogP contribution in [0.5, 0.6) is 0 Å². The van der Waals surface area contributed by atoms with Crippen LogP contribution in [0.2, 0.25) is 0 Å². The molecule has 0 radical (unpaired) electrons. The van der Waals surface area contributed by atoms with Crippen LogP contribution in [-0.4, -0.2) is 4.98 Å². The Bertz CT molecular complexity index is 1370. The van der Waals surface area contributed by atoms with E-state index in [2.05, 4.69) is 90.7 Å². The van der Waals surface area contributed by atoms with Gasteiger partial charge < -0.3 is 4.42 Å². The van der Waals surface area contributed by atoms with Crippen LogP contribution in [0.3, 0.4) is 0 Å². The lowest BCUT2D eigenvalue weighted by Crippen LogP contribution is -2.34. The average molecular weight is 414 g/mol. The number of aryl methyl sites for hydroxylation is 4. The van der Waals surface area contributed by atoms with Crippen molar-refractivity contribution in [3.63, 3.8) is 0 Å². The molecule has 3 nitrogen and oxygen atoms in total. The molecule has 3 heterocycles. The number of aromatic nitrogens is 2. The highest BCUT2D eigenvalue weighted by Crippen LogP contribution is 2.50. The maximum absolute atomic E-state index is 6.55. The minimum absolute atomic E-state index is 0.0962. The van der Waals surface area contributed by atoms with Crippen LogP contribution in [0.4, 0.5) is 0 Å². The maximum atomic E-state index is 6.55. The van der Waals surface area contributed by atoms with Crippen molar-refractivity contribution >= 4 is 22.1 Å². The van der Waals surface area contributed by atoms with Gasteiger partial charge in [0.25, 0.3) is 0 Å². The molecule has 0 bridgehead atoms. The Hall–Kier alpha value is -2.68. The van der Waals surface area contributed by atoms with Gasteiger partial charge in [-0.25, -0.2) is 9.55 Å². The van der Waals surface area contributed by atoms with Crippen molar-refractivity contribution < 1.29 is 8.98 Å². The minimum Gasteiger partial charge on any atom is -0.437 e. The number of furan rings is 1. The predicted octanol–water partition coefficient (Wildman–Crippen LogP) is 6.75. The van der Waals surface area contributed by atoms with Gasteiger partial charge in [0.2, 0.25) is 11.4 Å². The first-order chi connectivity index (χ1) is 14.5. The smallest absolute Gasteiger partial charge is 0.227 e. The SMILES string of the molecule is Cc1cc(-c2c(C)ccc3c2oc2ncc4c(c23)C(C)(C)CCC4(C)C)[n+](C)cc1C. The molecule has 3 heteroatoms. The fourth-order valence-electron chi connectivity index (χ4n) is 5.45. The van der Waals surface area contributed by atoms with Gasteiger partial charge in [-0.3, -0.25) is 0 Å². The topological polar surface area (TPSA) is 29.9 Å².